The molecule has 166 valence electrons. The molecule has 9 heteroatoms. The molecule has 0 saturated carbocycles. The maximum atomic E-state index is 11.7. The van der Waals surface area contributed by atoms with Crippen LogP contribution in [0.2, 0.25) is 0 Å². The fraction of sp³-hybridized carbons (Fsp3) is 0.125. The molecular weight excluding hydrogens is 456 g/mol. The predicted octanol–water partition coefficient (Wildman–Crippen LogP) is 4.97. The summed E-state index contributed by atoms with van der Waals surface area (Å²) in [7, 11) is 2.20. The highest BCUT2D eigenvalue weighted by atomic mass is 32.2. The molecule has 0 radical (unpaired) electrons. The molecule has 0 aliphatic rings. The Morgan fingerprint density at radius 3 is 2.36 bits per heavy atom. The van der Waals surface area contributed by atoms with Crippen LogP contribution >= 0.6 is 11.3 Å². The van der Waals surface area contributed by atoms with E-state index in [1.807, 2.05) is 54.0 Å². The molecule has 0 aliphatic carbocycles. The molecule has 0 saturated heterocycles. The van der Waals surface area contributed by atoms with Crippen LogP contribution in [0.25, 0.3) is 39.2 Å². The molecule has 1 unspecified atom stereocenters. The average molecular weight is 477 g/mol. The third kappa shape index (κ3) is 4.01. The number of rotatable bonds is 6. The minimum absolute atomic E-state index is 0.452. The second-order valence-corrected chi connectivity index (χ2v) is 9.42. The van der Waals surface area contributed by atoms with Gasteiger partial charge in [-0.15, -0.1) is 0 Å². The van der Waals surface area contributed by atoms with Gasteiger partial charge in [-0.1, -0.05) is 12.1 Å². The molecule has 0 spiro atoms. The quantitative estimate of drug-likeness (QED) is 0.344. The average Bonchev–Trinajstić information content (AvgIpc) is 3.55. The van der Waals surface area contributed by atoms with Crippen molar-refractivity contribution in [3.8, 4) is 39.8 Å². The van der Waals surface area contributed by atoms with E-state index in [-0.39, 0.29) is 0 Å². The lowest BCUT2D eigenvalue weighted by atomic mass is 10.1. The number of methoxy groups -OCH3 is 2. The summed E-state index contributed by atoms with van der Waals surface area (Å²) in [4.78, 5) is 10.4. The lowest BCUT2D eigenvalue weighted by molar-refractivity contribution is 0.356. The van der Waals surface area contributed by atoms with Crippen LogP contribution in [0.5, 0.6) is 11.5 Å². The van der Waals surface area contributed by atoms with E-state index in [0.717, 1.165) is 38.2 Å². The fourth-order valence-electron chi connectivity index (χ4n) is 3.59. The third-order valence-corrected chi connectivity index (χ3v) is 6.91. The number of nitrogens with zero attached hydrogens (tertiary/aromatic N) is 4. The smallest absolute Gasteiger partial charge is 0.251 e. The van der Waals surface area contributed by atoms with E-state index >= 15 is 0 Å². The fourth-order valence-corrected chi connectivity index (χ4v) is 4.75. The van der Waals surface area contributed by atoms with Gasteiger partial charge in [-0.25, -0.2) is 14.6 Å². The first-order valence-corrected chi connectivity index (χ1v) is 12.5. The number of aromatic nitrogens is 4. The van der Waals surface area contributed by atoms with E-state index in [1.54, 1.807) is 42.7 Å². The summed E-state index contributed by atoms with van der Waals surface area (Å²) in [6.45, 7) is 0. The molecule has 0 bridgehead atoms. The predicted molar refractivity (Wildman–Crippen MR) is 131 cm³/mol. The summed E-state index contributed by atoms with van der Waals surface area (Å²) in [5, 5.41) is 9.44. The Hall–Kier alpha value is -3.56. The summed E-state index contributed by atoms with van der Waals surface area (Å²) >= 11 is 1.61. The van der Waals surface area contributed by atoms with Gasteiger partial charge in [-0.2, -0.15) is 16.4 Å². The Balaban J connectivity index is 1.63. The van der Waals surface area contributed by atoms with E-state index in [0.29, 0.717) is 17.4 Å². The van der Waals surface area contributed by atoms with E-state index in [4.69, 9.17) is 19.4 Å². The molecule has 0 N–H and O–H groups in total. The number of fused-ring (bicyclic) bond motifs is 1. The van der Waals surface area contributed by atoms with E-state index < -0.39 is 10.8 Å². The Morgan fingerprint density at radius 1 is 0.939 bits per heavy atom. The Kier molecular flexibility index (Phi) is 5.65. The van der Waals surface area contributed by atoms with Crippen LogP contribution in [0.15, 0.2) is 70.5 Å². The van der Waals surface area contributed by atoms with Crippen molar-refractivity contribution in [2.24, 2.45) is 0 Å². The maximum absolute atomic E-state index is 11.7. The number of thiophene rings is 1. The van der Waals surface area contributed by atoms with Crippen LogP contribution in [0, 0.1) is 0 Å². The van der Waals surface area contributed by atoms with E-state index in [1.165, 1.54) is 0 Å². The lowest BCUT2D eigenvalue weighted by Gasteiger charge is -2.12. The molecule has 0 amide bonds. The standard InChI is InChI=1S/C24H20N4O3S2/c1-30-21-10-19-20(11-22(21)31-2)26-24(27-23(19)16-8-9-32-14-16)28-13-17(12-25-28)15-4-6-18(7-5-15)33(3)29/h4-14H,1-3H3. The second-order valence-electron chi connectivity index (χ2n) is 7.26. The molecule has 33 heavy (non-hydrogen) atoms. The van der Waals surface area contributed by atoms with Crippen molar-refractivity contribution >= 4 is 33.0 Å². The van der Waals surface area contributed by atoms with Gasteiger partial charge in [0.2, 0.25) is 0 Å². The summed E-state index contributed by atoms with van der Waals surface area (Å²) in [6.07, 6.45) is 5.32. The number of hydrogen-bond acceptors (Lipinski definition) is 7. The van der Waals surface area contributed by atoms with Crippen LogP contribution in [-0.4, -0.2) is 44.4 Å². The first kappa shape index (κ1) is 21.3. The Morgan fingerprint density at radius 2 is 1.70 bits per heavy atom. The zero-order valence-electron chi connectivity index (χ0n) is 18.2. The summed E-state index contributed by atoms with van der Waals surface area (Å²) in [5.41, 5.74) is 4.41. The van der Waals surface area contributed by atoms with Crippen LogP contribution in [-0.2, 0) is 10.8 Å². The van der Waals surface area contributed by atoms with Crippen LogP contribution in [0.3, 0.4) is 0 Å². The molecule has 0 fully saturated rings. The highest BCUT2D eigenvalue weighted by Crippen LogP contribution is 2.36. The van der Waals surface area contributed by atoms with E-state index in [9.17, 15) is 4.21 Å². The van der Waals surface area contributed by atoms with Gasteiger partial charge in [0.05, 0.1) is 31.6 Å². The normalized spacial score (nSPS) is 12.1. The lowest BCUT2D eigenvalue weighted by Crippen LogP contribution is -2.04. The van der Waals surface area contributed by atoms with Crippen molar-refractivity contribution in [2.45, 2.75) is 4.90 Å². The molecule has 2 aromatic carbocycles. The van der Waals surface area contributed by atoms with Crippen LogP contribution in [0.4, 0.5) is 0 Å². The van der Waals surface area contributed by atoms with Crippen LogP contribution in [0.1, 0.15) is 0 Å². The van der Waals surface area contributed by atoms with Gasteiger partial charge in [0.25, 0.3) is 5.95 Å². The maximum Gasteiger partial charge on any atom is 0.251 e. The first-order valence-electron chi connectivity index (χ1n) is 10.0. The molecule has 7 nitrogen and oxygen atoms in total. The summed E-state index contributed by atoms with van der Waals surface area (Å²) in [5.74, 6) is 1.67. The van der Waals surface area contributed by atoms with E-state index in [2.05, 4.69) is 10.5 Å². The van der Waals surface area contributed by atoms with Gasteiger partial charge in [-0.05, 0) is 35.2 Å². The first-order chi connectivity index (χ1) is 16.1. The molecule has 3 aromatic heterocycles. The topological polar surface area (TPSA) is 79.1 Å². The van der Waals surface area contributed by atoms with Gasteiger partial charge < -0.3 is 9.47 Å². The Bertz CT molecular complexity index is 1460. The highest BCUT2D eigenvalue weighted by molar-refractivity contribution is 7.84. The van der Waals surface area contributed by atoms with Crippen molar-refractivity contribution in [1.82, 2.24) is 19.7 Å². The molecule has 0 aliphatic heterocycles. The minimum atomic E-state index is -1.01. The zero-order chi connectivity index (χ0) is 22.9. The second kappa shape index (κ2) is 8.76. The van der Waals surface area contributed by atoms with Gasteiger partial charge in [0.1, 0.15) is 0 Å². The third-order valence-electron chi connectivity index (χ3n) is 5.29. The van der Waals surface area contributed by atoms with Crippen molar-refractivity contribution < 1.29 is 13.7 Å². The number of ether oxygens (including phenoxy) is 2. The van der Waals surface area contributed by atoms with Crippen molar-refractivity contribution in [3.63, 3.8) is 0 Å². The molecule has 1 atom stereocenters. The number of hydrogen-bond donors (Lipinski definition) is 0. The zero-order valence-corrected chi connectivity index (χ0v) is 19.8. The van der Waals surface area contributed by atoms with Crippen molar-refractivity contribution in [1.29, 1.82) is 0 Å². The minimum Gasteiger partial charge on any atom is -0.493 e. The largest absolute Gasteiger partial charge is 0.493 e. The van der Waals surface area contributed by atoms with Gasteiger partial charge in [0, 0.05) is 56.1 Å². The molecular formula is C24H20N4O3S2. The van der Waals surface area contributed by atoms with Crippen molar-refractivity contribution in [3.05, 3.63) is 65.6 Å². The van der Waals surface area contributed by atoms with Gasteiger partial charge in [-0.3, -0.25) is 4.21 Å². The SMILES string of the molecule is COc1cc2nc(-n3cc(-c4ccc(S(C)=O)cc4)cn3)nc(-c3ccsc3)c2cc1OC. The van der Waals surface area contributed by atoms with Gasteiger partial charge >= 0.3 is 0 Å². The molecule has 5 rings (SSSR count). The summed E-state index contributed by atoms with van der Waals surface area (Å²) < 4.78 is 24.3. The number of benzene rings is 2. The summed E-state index contributed by atoms with van der Waals surface area (Å²) in [6, 6.07) is 13.4. The molecule has 5 aromatic rings. The van der Waals surface area contributed by atoms with Gasteiger partial charge in [0.15, 0.2) is 11.5 Å². The monoisotopic (exact) mass is 476 g/mol. The van der Waals surface area contributed by atoms with Crippen LogP contribution < -0.4 is 9.47 Å². The Labute approximate surface area is 197 Å². The van der Waals surface area contributed by atoms with Crippen molar-refractivity contribution in [2.75, 3.05) is 20.5 Å². The highest BCUT2D eigenvalue weighted by Gasteiger charge is 2.16. The molecule has 3 heterocycles.